The van der Waals surface area contributed by atoms with E-state index in [1.54, 1.807) is 16.9 Å². The van der Waals surface area contributed by atoms with Crippen LogP contribution in [0.15, 0.2) is 18.5 Å². The minimum absolute atomic E-state index is 0.302. The van der Waals surface area contributed by atoms with Crippen molar-refractivity contribution in [2.75, 3.05) is 17.2 Å². The first-order valence-electron chi connectivity index (χ1n) is 6.32. The summed E-state index contributed by atoms with van der Waals surface area (Å²) >= 11 is 0. The van der Waals surface area contributed by atoms with Gasteiger partial charge in [-0.25, -0.2) is 17.9 Å². The molecular weight excluding hydrogens is 264 g/mol. The highest BCUT2D eigenvalue weighted by molar-refractivity contribution is 7.91. The maximum absolute atomic E-state index is 11.4. The predicted octanol–water partition coefficient (Wildman–Crippen LogP) is 0.679. The number of anilines is 1. The third kappa shape index (κ3) is 2.70. The molecule has 0 aliphatic carbocycles. The zero-order chi connectivity index (χ0) is 13.5. The van der Waals surface area contributed by atoms with Gasteiger partial charge in [0.25, 0.3) is 0 Å². The monoisotopic (exact) mass is 280 g/mol. The topological polar surface area (TPSA) is 90.3 Å². The molecule has 2 aromatic rings. The number of nitrogens with two attached hydrogens (primary N) is 1. The molecule has 0 bridgehead atoms. The van der Waals surface area contributed by atoms with E-state index in [0.29, 0.717) is 23.1 Å². The lowest BCUT2D eigenvalue weighted by atomic mass is 9.97. The van der Waals surface area contributed by atoms with Crippen LogP contribution in [-0.2, 0) is 16.3 Å². The van der Waals surface area contributed by atoms with Gasteiger partial charge in [-0.1, -0.05) is 0 Å². The van der Waals surface area contributed by atoms with Crippen molar-refractivity contribution in [1.29, 1.82) is 0 Å². The van der Waals surface area contributed by atoms with Crippen molar-refractivity contribution in [2.45, 2.75) is 19.3 Å². The molecule has 1 aliphatic heterocycles. The molecule has 19 heavy (non-hydrogen) atoms. The number of fused-ring (bicyclic) bond motifs is 1. The number of aromatic nitrogens is 3. The zero-order valence-corrected chi connectivity index (χ0v) is 11.3. The summed E-state index contributed by atoms with van der Waals surface area (Å²) in [6.45, 7) is 0. The average Bonchev–Trinajstić information content (AvgIpc) is 2.73. The highest BCUT2D eigenvalue weighted by atomic mass is 32.2. The second-order valence-electron chi connectivity index (χ2n) is 5.13. The Balaban J connectivity index is 1.75. The minimum atomic E-state index is -2.79. The lowest BCUT2D eigenvalue weighted by Gasteiger charge is -2.20. The van der Waals surface area contributed by atoms with Gasteiger partial charge in [0.15, 0.2) is 5.65 Å². The van der Waals surface area contributed by atoms with E-state index in [0.717, 1.165) is 30.6 Å². The van der Waals surface area contributed by atoms with Gasteiger partial charge in [-0.05, 0) is 25.2 Å². The van der Waals surface area contributed by atoms with Crippen molar-refractivity contribution in [3.8, 4) is 0 Å². The fourth-order valence-corrected chi connectivity index (χ4v) is 4.07. The molecule has 1 saturated heterocycles. The van der Waals surface area contributed by atoms with Crippen molar-refractivity contribution in [2.24, 2.45) is 5.92 Å². The molecule has 0 aromatic carbocycles. The van der Waals surface area contributed by atoms with E-state index in [4.69, 9.17) is 5.73 Å². The number of hydrogen-bond acceptors (Lipinski definition) is 5. The number of hydrogen-bond donors (Lipinski definition) is 1. The third-order valence-electron chi connectivity index (χ3n) is 3.56. The van der Waals surface area contributed by atoms with E-state index in [9.17, 15) is 8.42 Å². The normalized spacial score (nSPS) is 19.8. The first kappa shape index (κ1) is 12.4. The van der Waals surface area contributed by atoms with E-state index in [1.807, 2.05) is 6.07 Å². The van der Waals surface area contributed by atoms with Crippen molar-refractivity contribution in [1.82, 2.24) is 14.6 Å². The quantitative estimate of drug-likeness (QED) is 0.873. The molecule has 7 heteroatoms. The number of sulfone groups is 1. The molecule has 3 rings (SSSR count). The van der Waals surface area contributed by atoms with Crippen molar-refractivity contribution in [3.63, 3.8) is 0 Å². The molecule has 1 aliphatic rings. The fourth-order valence-electron chi connectivity index (χ4n) is 2.48. The summed E-state index contributed by atoms with van der Waals surface area (Å²) in [6.07, 6.45) is 5.60. The maximum atomic E-state index is 11.4. The van der Waals surface area contributed by atoms with Gasteiger partial charge in [0.2, 0.25) is 0 Å². The molecule has 0 spiro atoms. The summed E-state index contributed by atoms with van der Waals surface area (Å²) in [5.41, 5.74) is 7.95. The van der Waals surface area contributed by atoms with Crippen LogP contribution in [0.3, 0.4) is 0 Å². The van der Waals surface area contributed by atoms with Gasteiger partial charge in [-0.3, -0.25) is 0 Å². The van der Waals surface area contributed by atoms with Crippen LogP contribution in [0.25, 0.3) is 5.65 Å². The van der Waals surface area contributed by atoms with Crippen LogP contribution in [0.1, 0.15) is 18.5 Å². The first-order chi connectivity index (χ1) is 9.02. The second-order valence-corrected chi connectivity index (χ2v) is 7.43. The second kappa shape index (κ2) is 4.48. The summed E-state index contributed by atoms with van der Waals surface area (Å²) in [4.78, 5) is 4.20. The van der Waals surface area contributed by atoms with E-state index in [-0.39, 0.29) is 0 Å². The molecule has 0 atom stereocenters. The van der Waals surface area contributed by atoms with Gasteiger partial charge < -0.3 is 5.73 Å². The molecule has 0 radical (unpaired) electrons. The lowest BCUT2D eigenvalue weighted by Crippen LogP contribution is -2.24. The predicted molar refractivity (Wildman–Crippen MR) is 72.5 cm³/mol. The van der Waals surface area contributed by atoms with Crippen LogP contribution < -0.4 is 5.73 Å². The Hall–Kier alpha value is -1.63. The van der Waals surface area contributed by atoms with Crippen LogP contribution >= 0.6 is 0 Å². The minimum Gasteiger partial charge on any atom is -0.396 e. The Morgan fingerprint density at radius 2 is 2.11 bits per heavy atom. The molecule has 2 N–H and O–H groups in total. The number of rotatable bonds is 2. The molecule has 0 saturated carbocycles. The van der Waals surface area contributed by atoms with Crippen LogP contribution in [0.4, 0.5) is 5.69 Å². The molecule has 3 heterocycles. The van der Waals surface area contributed by atoms with Gasteiger partial charge in [-0.15, -0.1) is 0 Å². The molecule has 6 nitrogen and oxygen atoms in total. The van der Waals surface area contributed by atoms with E-state index in [1.165, 1.54) is 0 Å². The van der Waals surface area contributed by atoms with Crippen molar-refractivity contribution < 1.29 is 8.42 Å². The smallest absolute Gasteiger partial charge is 0.155 e. The largest absolute Gasteiger partial charge is 0.396 e. The van der Waals surface area contributed by atoms with E-state index in [2.05, 4.69) is 10.1 Å². The highest BCUT2D eigenvalue weighted by Gasteiger charge is 2.24. The number of nitrogen functional groups attached to an aromatic ring is 1. The lowest BCUT2D eigenvalue weighted by molar-refractivity contribution is 0.458. The molecule has 2 aromatic heterocycles. The Kier molecular flexibility index (Phi) is 2.93. The van der Waals surface area contributed by atoms with Crippen molar-refractivity contribution in [3.05, 3.63) is 24.2 Å². The van der Waals surface area contributed by atoms with Gasteiger partial charge in [0, 0.05) is 6.07 Å². The van der Waals surface area contributed by atoms with Crippen molar-refractivity contribution >= 4 is 21.2 Å². The Morgan fingerprint density at radius 3 is 2.84 bits per heavy atom. The Morgan fingerprint density at radius 1 is 1.37 bits per heavy atom. The van der Waals surface area contributed by atoms with Gasteiger partial charge in [0.1, 0.15) is 9.84 Å². The summed E-state index contributed by atoms with van der Waals surface area (Å²) in [5.74, 6) is 0.998. The SMILES string of the molecule is Nc1cnc2cc(CC3CCS(=O)(=O)CC3)nn2c1. The average molecular weight is 280 g/mol. The Bertz CT molecular complexity index is 694. The summed E-state index contributed by atoms with van der Waals surface area (Å²) in [6, 6.07) is 1.93. The van der Waals surface area contributed by atoms with Crippen LogP contribution in [0, 0.1) is 5.92 Å². The summed E-state index contributed by atoms with van der Waals surface area (Å²) < 4.78 is 24.4. The molecule has 0 unspecified atom stereocenters. The number of nitrogens with zero attached hydrogens (tertiary/aromatic N) is 3. The molecule has 102 valence electrons. The van der Waals surface area contributed by atoms with Gasteiger partial charge in [0.05, 0.1) is 35.3 Å². The van der Waals surface area contributed by atoms with Crippen LogP contribution in [0.2, 0.25) is 0 Å². The zero-order valence-electron chi connectivity index (χ0n) is 10.5. The molecule has 1 fully saturated rings. The molecular formula is C12H16N4O2S. The summed E-state index contributed by atoms with van der Waals surface area (Å²) in [7, 11) is -2.79. The van der Waals surface area contributed by atoms with Gasteiger partial charge in [-0.2, -0.15) is 5.10 Å². The van der Waals surface area contributed by atoms with Crippen LogP contribution in [-0.4, -0.2) is 34.5 Å². The third-order valence-corrected chi connectivity index (χ3v) is 5.27. The highest BCUT2D eigenvalue weighted by Crippen LogP contribution is 2.22. The van der Waals surface area contributed by atoms with Gasteiger partial charge >= 0.3 is 0 Å². The van der Waals surface area contributed by atoms with E-state index >= 15 is 0 Å². The first-order valence-corrected chi connectivity index (χ1v) is 8.14. The van der Waals surface area contributed by atoms with E-state index < -0.39 is 9.84 Å². The summed E-state index contributed by atoms with van der Waals surface area (Å²) in [5, 5.41) is 4.43. The van der Waals surface area contributed by atoms with Crippen LogP contribution in [0.5, 0.6) is 0 Å². The maximum Gasteiger partial charge on any atom is 0.155 e. The fraction of sp³-hybridized carbons (Fsp3) is 0.500. The standard InChI is InChI=1S/C12H16N4O2S/c13-10-7-14-12-6-11(15-16(12)8-10)5-9-1-3-19(17,18)4-2-9/h6-9H,1-5,13H2. The molecule has 0 amide bonds. The Labute approximate surface area is 111 Å².